The molecule has 1 aromatic heterocycles. The van der Waals surface area contributed by atoms with E-state index in [1.54, 1.807) is 19.1 Å². The van der Waals surface area contributed by atoms with Crippen molar-refractivity contribution in [1.29, 1.82) is 0 Å². The van der Waals surface area contributed by atoms with Crippen LogP contribution < -0.4 is 10.1 Å². The van der Waals surface area contributed by atoms with Crippen molar-refractivity contribution in [2.75, 3.05) is 5.32 Å². The summed E-state index contributed by atoms with van der Waals surface area (Å²) >= 11 is 0. The van der Waals surface area contributed by atoms with Gasteiger partial charge < -0.3 is 14.6 Å². The van der Waals surface area contributed by atoms with Gasteiger partial charge in [0.2, 0.25) is 5.89 Å². The van der Waals surface area contributed by atoms with E-state index in [0.29, 0.717) is 24.1 Å². The number of aryl methyl sites for hydroxylation is 1. The van der Waals surface area contributed by atoms with Gasteiger partial charge in [0.1, 0.15) is 24.2 Å². The molecule has 2 aromatic carbocycles. The van der Waals surface area contributed by atoms with Gasteiger partial charge in [-0.2, -0.15) is 4.98 Å². The maximum absolute atomic E-state index is 13.2. The minimum Gasteiger partial charge on any atom is -0.489 e. The Morgan fingerprint density at radius 1 is 1.21 bits per heavy atom. The lowest BCUT2D eigenvalue weighted by atomic mass is 10.2. The van der Waals surface area contributed by atoms with Gasteiger partial charge >= 0.3 is 0 Å². The number of benzene rings is 2. The summed E-state index contributed by atoms with van der Waals surface area (Å²) in [7, 11) is 0. The zero-order chi connectivity index (χ0) is 16.9. The van der Waals surface area contributed by atoms with Gasteiger partial charge in [-0.1, -0.05) is 23.4 Å². The summed E-state index contributed by atoms with van der Waals surface area (Å²) in [4.78, 5) is 4.21. The molecule has 0 radical (unpaired) electrons. The number of nitrogens with one attached hydrogen (secondary N) is 1. The largest absolute Gasteiger partial charge is 0.489 e. The molecule has 24 heavy (non-hydrogen) atoms. The predicted octanol–water partition coefficient (Wildman–Crippen LogP) is 4.27. The molecule has 0 amide bonds. The van der Waals surface area contributed by atoms with Crippen molar-refractivity contribution >= 4 is 5.69 Å². The quantitative estimate of drug-likeness (QED) is 0.732. The molecule has 124 valence electrons. The van der Waals surface area contributed by atoms with Crippen LogP contribution in [0.3, 0.4) is 0 Å². The standard InChI is InChI=1S/C18H18FN3O2/c1-12(18-21-13(2)22-24-18)20-16-7-3-5-14(9-16)11-23-17-8-4-6-15(19)10-17/h3-10,12,20H,11H2,1-2H3/t12-/m1/s1. The number of rotatable bonds is 6. The summed E-state index contributed by atoms with van der Waals surface area (Å²) in [5, 5.41) is 7.10. The molecule has 1 heterocycles. The number of ether oxygens (including phenoxy) is 1. The summed E-state index contributed by atoms with van der Waals surface area (Å²) in [6, 6.07) is 13.8. The van der Waals surface area contributed by atoms with E-state index in [0.717, 1.165) is 11.3 Å². The van der Waals surface area contributed by atoms with E-state index in [4.69, 9.17) is 9.26 Å². The summed E-state index contributed by atoms with van der Waals surface area (Å²) < 4.78 is 23.9. The zero-order valence-corrected chi connectivity index (χ0v) is 13.5. The van der Waals surface area contributed by atoms with Crippen LogP contribution in [-0.2, 0) is 6.61 Å². The van der Waals surface area contributed by atoms with Crippen molar-refractivity contribution in [3.8, 4) is 5.75 Å². The third-order valence-corrected chi connectivity index (χ3v) is 3.43. The van der Waals surface area contributed by atoms with E-state index < -0.39 is 0 Å². The molecule has 0 aliphatic carbocycles. The molecule has 0 saturated carbocycles. The predicted molar refractivity (Wildman–Crippen MR) is 88.2 cm³/mol. The molecule has 0 saturated heterocycles. The lowest BCUT2D eigenvalue weighted by molar-refractivity contribution is 0.304. The summed E-state index contributed by atoms with van der Waals surface area (Å²) in [6.45, 7) is 4.08. The van der Waals surface area contributed by atoms with Crippen LogP contribution in [0.1, 0.15) is 30.2 Å². The Morgan fingerprint density at radius 2 is 2.04 bits per heavy atom. The lowest BCUT2D eigenvalue weighted by Crippen LogP contribution is -2.07. The number of anilines is 1. The van der Waals surface area contributed by atoms with E-state index in [-0.39, 0.29) is 11.9 Å². The highest BCUT2D eigenvalue weighted by Gasteiger charge is 2.12. The molecule has 3 rings (SSSR count). The van der Waals surface area contributed by atoms with Crippen molar-refractivity contribution in [2.45, 2.75) is 26.5 Å². The maximum Gasteiger partial charge on any atom is 0.248 e. The molecule has 5 nitrogen and oxygen atoms in total. The Labute approximate surface area is 139 Å². The van der Waals surface area contributed by atoms with Gasteiger partial charge in [-0.3, -0.25) is 0 Å². The van der Waals surface area contributed by atoms with Gasteiger partial charge in [0.25, 0.3) is 0 Å². The second kappa shape index (κ2) is 7.12. The average molecular weight is 327 g/mol. The molecular weight excluding hydrogens is 309 g/mol. The minimum absolute atomic E-state index is 0.106. The Kier molecular flexibility index (Phi) is 4.74. The monoisotopic (exact) mass is 327 g/mol. The van der Waals surface area contributed by atoms with Crippen LogP contribution in [0.5, 0.6) is 5.75 Å². The molecule has 1 N–H and O–H groups in total. The Hall–Kier alpha value is -2.89. The fourth-order valence-electron chi connectivity index (χ4n) is 2.28. The highest BCUT2D eigenvalue weighted by atomic mass is 19.1. The van der Waals surface area contributed by atoms with Crippen molar-refractivity contribution in [3.05, 3.63) is 71.6 Å². The van der Waals surface area contributed by atoms with Crippen LogP contribution in [0, 0.1) is 12.7 Å². The second-order valence-corrected chi connectivity index (χ2v) is 5.49. The highest BCUT2D eigenvalue weighted by molar-refractivity contribution is 5.46. The summed E-state index contributed by atoms with van der Waals surface area (Å²) in [6.07, 6.45) is 0. The van der Waals surface area contributed by atoms with E-state index in [9.17, 15) is 4.39 Å². The van der Waals surface area contributed by atoms with E-state index in [2.05, 4.69) is 15.5 Å². The van der Waals surface area contributed by atoms with Crippen LogP contribution in [-0.4, -0.2) is 10.1 Å². The van der Waals surface area contributed by atoms with Gasteiger partial charge in [-0.25, -0.2) is 4.39 Å². The van der Waals surface area contributed by atoms with Crippen LogP contribution >= 0.6 is 0 Å². The Bertz CT molecular complexity index is 819. The summed E-state index contributed by atoms with van der Waals surface area (Å²) in [5.41, 5.74) is 1.89. The average Bonchev–Trinajstić information content (AvgIpc) is 3.00. The molecule has 0 fully saturated rings. The smallest absolute Gasteiger partial charge is 0.248 e. The molecule has 0 aliphatic heterocycles. The molecule has 1 atom stereocenters. The van der Waals surface area contributed by atoms with E-state index in [1.165, 1.54) is 12.1 Å². The van der Waals surface area contributed by atoms with Crippen molar-refractivity contribution in [1.82, 2.24) is 10.1 Å². The fraction of sp³-hybridized carbons (Fsp3) is 0.222. The van der Waals surface area contributed by atoms with Gasteiger partial charge in [0.15, 0.2) is 5.82 Å². The molecule has 3 aromatic rings. The number of aromatic nitrogens is 2. The topological polar surface area (TPSA) is 60.2 Å². The molecular formula is C18H18FN3O2. The summed E-state index contributed by atoms with van der Waals surface area (Å²) in [5.74, 6) is 1.33. The molecule has 6 heteroatoms. The number of hydrogen-bond acceptors (Lipinski definition) is 5. The first-order valence-corrected chi connectivity index (χ1v) is 7.64. The van der Waals surface area contributed by atoms with Crippen LogP contribution in [0.2, 0.25) is 0 Å². The SMILES string of the molecule is Cc1noc([C@@H](C)Nc2cccc(COc3cccc(F)c3)c2)n1. The van der Waals surface area contributed by atoms with Crippen LogP contribution in [0.15, 0.2) is 53.1 Å². The number of nitrogens with zero attached hydrogens (tertiary/aromatic N) is 2. The normalized spacial score (nSPS) is 12.0. The molecule has 0 unspecified atom stereocenters. The van der Waals surface area contributed by atoms with E-state index >= 15 is 0 Å². The number of hydrogen-bond donors (Lipinski definition) is 1. The zero-order valence-electron chi connectivity index (χ0n) is 13.5. The fourth-order valence-corrected chi connectivity index (χ4v) is 2.28. The molecule has 0 spiro atoms. The lowest BCUT2D eigenvalue weighted by Gasteiger charge is -2.13. The van der Waals surface area contributed by atoms with Crippen molar-refractivity contribution in [2.24, 2.45) is 0 Å². The Morgan fingerprint density at radius 3 is 2.79 bits per heavy atom. The van der Waals surface area contributed by atoms with E-state index in [1.807, 2.05) is 31.2 Å². The van der Waals surface area contributed by atoms with Gasteiger partial charge in [0.05, 0.1) is 0 Å². The Balaban J connectivity index is 1.63. The highest BCUT2D eigenvalue weighted by Crippen LogP contribution is 2.20. The molecule has 0 aliphatic rings. The van der Waals surface area contributed by atoms with Gasteiger partial charge in [-0.05, 0) is 43.7 Å². The van der Waals surface area contributed by atoms with Crippen molar-refractivity contribution in [3.63, 3.8) is 0 Å². The maximum atomic E-state index is 13.2. The minimum atomic E-state index is -0.313. The third-order valence-electron chi connectivity index (χ3n) is 3.43. The second-order valence-electron chi connectivity index (χ2n) is 5.49. The number of halogens is 1. The van der Waals surface area contributed by atoms with Gasteiger partial charge in [0, 0.05) is 11.8 Å². The first-order valence-electron chi connectivity index (χ1n) is 7.64. The van der Waals surface area contributed by atoms with Crippen molar-refractivity contribution < 1.29 is 13.7 Å². The van der Waals surface area contributed by atoms with Crippen LogP contribution in [0.4, 0.5) is 10.1 Å². The third kappa shape index (κ3) is 4.10. The first kappa shape index (κ1) is 16.0. The first-order chi connectivity index (χ1) is 11.6. The molecule has 0 bridgehead atoms. The van der Waals surface area contributed by atoms with Crippen LogP contribution in [0.25, 0.3) is 0 Å². The van der Waals surface area contributed by atoms with Gasteiger partial charge in [-0.15, -0.1) is 0 Å².